The van der Waals surface area contributed by atoms with Crippen LogP contribution < -0.4 is 15.8 Å². The van der Waals surface area contributed by atoms with Gasteiger partial charge in [0.2, 0.25) is 5.97 Å². The molecule has 0 spiro atoms. The zero-order valence-corrected chi connectivity index (χ0v) is 20.5. The number of halogens is 1. The topological polar surface area (TPSA) is 79.9 Å². The van der Waals surface area contributed by atoms with E-state index in [4.69, 9.17) is 10.5 Å². The number of carbonyl (C=O) groups is 1. The highest BCUT2D eigenvalue weighted by Gasteiger charge is 2.20. The van der Waals surface area contributed by atoms with Crippen LogP contribution in [0.25, 0.3) is 11.1 Å². The van der Waals surface area contributed by atoms with Gasteiger partial charge in [0, 0.05) is 24.2 Å². The summed E-state index contributed by atoms with van der Waals surface area (Å²) in [5, 5.41) is 3.09. The maximum Gasteiger partial charge on any atom is 0.251 e. The van der Waals surface area contributed by atoms with E-state index in [1.807, 2.05) is 54.6 Å². The van der Waals surface area contributed by atoms with Crippen molar-refractivity contribution in [2.75, 3.05) is 26.7 Å². The Hall–Kier alpha value is -3.55. The average molecular weight is 487 g/mol. The highest BCUT2D eigenvalue weighted by Crippen LogP contribution is 2.29. The molecule has 2 aliphatic heterocycles. The summed E-state index contributed by atoms with van der Waals surface area (Å²) in [6.07, 6.45) is 2.38. The van der Waals surface area contributed by atoms with Crippen LogP contribution in [0, 0.1) is 0 Å². The van der Waals surface area contributed by atoms with Crippen LogP contribution in [0.15, 0.2) is 65.7 Å². The summed E-state index contributed by atoms with van der Waals surface area (Å²) in [6.45, 7) is 3.50. The Morgan fingerprint density at radius 3 is 2.72 bits per heavy atom. The molecular weight excluding hydrogens is 455 g/mol. The lowest BCUT2D eigenvalue weighted by atomic mass is 9.96. The lowest BCUT2D eigenvalue weighted by Gasteiger charge is -2.20. The molecule has 0 aliphatic carbocycles. The van der Waals surface area contributed by atoms with E-state index in [1.165, 1.54) is 12.8 Å². The predicted octanol–water partition coefficient (Wildman–Crippen LogP) is 4.62. The Balaban J connectivity index is 1.47. The predicted molar refractivity (Wildman–Crippen MR) is 140 cm³/mol. The van der Waals surface area contributed by atoms with E-state index >= 15 is 0 Å². The van der Waals surface area contributed by atoms with Crippen molar-refractivity contribution in [1.29, 1.82) is 0 Å². The number of nitrogens with zero attached hydrogens (tertiary/aromatic N) is 2. The van der Waals surface area contributed by atoms with Crippen molar-refractivity contribution < 1.29 is 13.9 Å². The number of fused-ring (bicyclic) bond motifs is 1. The highest BCUT2D eigenvalue weighted by molar-refractivity contribution is 5.99. The number of benzene rings is 3. The quantitative estimate of drug-likeness (QED) is 0.487. The van der Waals surface area contributed by atoms with Gasteiger partial charge in [-0.05, 0) is 90.1 Å². The minimum Gasteiger partial charge on any atom is -0.497 e. The largest absolute Gasteiger partial charge is 0.497 e. The maximum absolute atomic E-state index is 14.2. The molecule has 1 fully saturated rings. The molecule has 5 rings (SSSR count). The first kappa shape index (κ1) is 24.2. The van der Waals surface area contributed by atoms with Crippen LogP contribution >= 0.6 is 0 Å². The number of nitrogens with one attached hydrogen (secondary N) is 1. The second-order valence-corrected chi connectivity index (χ2v) is 9.42. The zero-order valence-electron chi connectivity index (χ0n) is 20.5. The van der Waals surface area contributed by atoms with Gasteiger partial charge >= 0.3 is 0 Å². The smallest absolute Gasteiger partial charge is 0.251 e. The number of aliphatic imine (C=N–C) groups is 1. The van der Waals surface area contributed by atoms with E-state index < -0.39 is 5.97 Å². The van der Waals surface area contributed by atoms with Gasteiger partial charge in [-0.15, -0.1) is 0 Å². The fourth-order valence-corrected chi connectivity index (χ4v) is 4.98. The number of likely N-dealkylation sites (tertiary alicyclic amines) is 1. The summed E-state index contributed by atoms with van der Waals surface area (Å²) < 4.78 is 19.6. The van der Waals surface area contributed by atoms with E-state index in [0.29, 0.717) is 23.4 Å². The molecule has 0 radical (unpaired) electrons. The molecule has 36 heavy (non-hydrogen) atoms. The van der Waals surface area contributed by atoms with Crippen molar-refractivity contribution in [2.24, 2.45) is 10.7 Å². The van der Waals surface area contributed by atoms with Crippen LogP contribution in [0.5, 0.6) is 5.75 Å². The minimum atomic E-state index is -0.429. The molecule has 186 valence electrons. The summed E-state index contributed by atoms with van der Waals surface area (Å²) >= 11 is 0. The molecule has 1 saturated heterocycles. The van der Waals surface area contributed by atoms with E-state index in [-0.39, 0.29) is 18.5 Å². The number of hydrogen-bond acceptors (Lipinski definition) is 5. The van der Waals surface area contributed by atoms with Gasteiger partial charge in [0.15, 0.2) is 0 Å². The standard InChI is InChI=1S/C29H31FN4O2/c1-36-25-6-4-5-21(14-25)27(16-31)33-29(35)24-12-19(18-34-9-2-3-10-34)11-23(13-24)20-7-8-22-17-32-28(30)26(22)15-20/h4-8,11-15,27H,2-3,9-10,16-18,31H2,1H3,(H,33,35). The lowest BCUT2D eigenvalue weighted by molar-refractivity contribution is 0.0937. The number of nitrogens with two attached hydrogens (primary N) is 1. The lowest BCUT2D eigenvalue weighted by Crippen LogP contribution is -2.33. The van der Waals surface area contributed by atoms with Crippen molar-refractivity contribution in [1.82, 2.24) is 10.2 Å². The van der Waals surface area contributed by atoms with E-state index in [9.17, 15) is 9.18 Å². The number of carbonyl (C=O) groups excluding carboxylic acids is 1. The Kier molecular flexibility index (Phi) is 7.11. The van der Waals surface area contributed by atoms with Crippen LogP contribution in [-0.2, 0) is 13.1 Å². The van der Waals surface area contributed by atoms with Gasteiger partial charge in [-0.3, -0.25) is 14.7 Å². The second kappa shape index (κ2) is 10.6. The van der Waals surface area contributed by atoms with Gasteiger partial charge in [0.05, 0.1) is 19.7 Å². The summed E-state index contributed by atoms with van der Waals surface area (Å²) in [6, 6.07) is 18.8. The van der Waals surface area contributed by atoms with Crippen LogP contribution in [-0.4, -0.2) is 43.5 Å². The molecule has 0 aromatic heterocycles. The van der Waals surface area contributed by atoms with Gasteiger partial charge < -0.3 is 15.8 Å². The first-order valence-corrected chi connectivity index (χ1v) is 12.4. The third-order valence-corrected chi connectivity index (χ3v) is 6.95. The number of methoxy groups -OCH3 is 1. The first-order valence-electron chi connectivity index (χ1n) is 12.4. The summed E-state index contributed by atoms with van der Waals surface area (Å²) in [5.41, 5.74) is 11.7. The average Bonchev–Trinajstić information content (AvgIpc) is 3.56. The molecular formula is C29H31FN4O2. The molecule has 2 heterocycles. The second-order valence-electron chi connectivity index (χ2n) is 9.42. The third-order valence-electron chi connectivity index (χ3n) is 6.95. The van der Waals surface area contributed by atoms with Crippen molar-refractivity contribution in [3.63, 3.8) is 0 Å². The van der Waals surface area contributed by atoms with Crippen LogP contribution in [0.1, 0.15) is 51.5 Å². The Labute approximate surface area is 211 Å². The number of hydrogen-bond donors (Lipinski definition) is 2. The van der Waals surface area contributed by atoms with Gasteiger partial charge in [-0.25, -0.2) is 0 Å². The van der Waals surface area contributed by atoms with Crippen molar-refractivity contribution in [3.05, 3.63) is 88.5 Å². The molecule has 6 nitrogen and oxygen atoms in total. The molecule has 1 atom stereocenters. The SMILES string of the molecule is COc1cccc(C(CN)NC(=O)c2cc(CN3CCCC3)cc(-c3ccc4c(c3)C(F)=NC4)c2)c1. The van der Waals surface area contributed by atoms with Gasteiger partial charge in [-0.1, -0.05) is 24.3 Å². The fraction of sp³-hybridized carbons (Fsp3) is 0.310. The molecule has 7 heteroatoms. The minimum absolute atomic E-state index is 0.202. The third kappa shape index (κ3) is 5.17. The number of rotatable bonds is 8. The van der Waals surface area contributed by atoms with Crippen LogP contribution in [0.4, 0.5) is 4.39 Å². The van der Waals surface area contributed by atoms with Gasteiger partial charge in [0.25, 0.3) is 5.91 Å². The fourth-order valence-electron chi connectivity index (χ4n) is 4.98. The monoisotopic (exact) mass is 486 g/mol. The Morgan fingerprint density at radius 1 is 1.11 bits per heavy atom. The van der Waals surface area contributed by atoms with Crippen molar-refractivity contribution in [2.45, 2.75) is 32.0 Å². The molecule has 3 N–H and O–H groups in total. The van der Waals surface area contributed by atoms with Gasteiger partial charge in [-0.2, -0.15) is 4.39 Å². The van der Waals surface area contributed by atoms with Crippen LogP contribution in [0.2, 0.25) is 0 Å². The molecule has 1 amide bonds. The maximum atomic E-state index is 14.2. The summed E-state index contributed by atoms with van der Waals surface area (Å²) in [4.78, 5) is 19.8. The Morgan fingerprint density at radius 2 is 1.94 bits per heavy atom. The summed E-state index contributed by atoms with van der Waals surface area (Å²) in [7, 11) is 1.61. The number of ether oxygens (including phenoxy) is 1. The summed E-state index contributed by atoms with van der Waals surface area (Å²) in [5.74, 6) is 0.0799. The van der Waals surface area contributed by atoms with Crippen LogP contribution in [0.3, 0.4) is 0 Å². The molecule has 0 saturated carbocycles. The number of amides is 1. The normalized spacial score (nSPS) is 15.9. The van der Waals surface area contributed by atoms with Crippen molar-refractivity contribution in [3.8, 4) is 16.9 Å². The van der Waals surface area contributed by atoms with Crippen molar-refractivity contribution >= 4 is 11.9 Å². The Bertz CT molecular complexity index is 1300. The zero-order chi connectivity index (χ0) is 25.1. The molecule has 1 unspecified atom stereocenters. The molecule has 3 aromatic carbocycles. The van der Waals surface area contributed by atoms with Gasteiger partial charge in [0.1, 0.15) is 5.75 Å². The van der Waals surface area contributed by atoms with E-state index in [1.54, 1.807) is 7.11 Å². The molecule has 0 bridgehead atoms. The highest BCUT2D eigenvalue weighted by atomic mass is 19.1. The first-order chi connectivity index (χ1) is 17.5. The molecule has 3 aromatic rings. The van der Waals surface area contributed by atoms with E-state index in [0.717, 1.165) is 47.5 Å². The molecule has 2 aliphatic rings. The van der Waals surface area contributed by atoms with E-state index in [2.05, 4.69) is 21.3 Å².